The van der Waals surface area contributed by atoms with Gasteiger partial charge in [0.05, 0.1) is 4.90 Å². The van der Waals surface area contributed by atoms with Crippen molar-refractivity contribution in [2.45, 2.75) is 16.8 Å². The molecule has 0 spiro atoms. The predicted molar refractivity (Wildman–Crippen MR) is 80.0 cm³/mol. The van der Waals surface area contributed by atoms with Crippen LogP contribution < -0.4 is 0 Å². The van der Waals surface area contributed by atoms with Gasteiger partial charge in [0.2, 0.25) is 14.9 Å². The summed E-state index contributed by atoms with van der Waals surface area (Å²) in [5.74, 6) is -0.311. The van der Waals surface area contributed by atoms with E-state index in [2.05, 4.69) is 4.98 Å². The van der Waals surface area contributed by atoms with Gasteiger partial charge in [-0.2, -0.15) is 0 Å². The van der Waals surface area contributed by atoms with E-state index in [1.165, 1.54) is 18.3 Å². The van der Waals surface area contributed by atoms with Gasteiger partial charge in [-0.1, -0.05) is 42.0 Å². The standard InChI is InChI=1S/C16H13NO3S/c1-11-6-8-13(9-7-11)21(19,20)16-15(18)14-5-3-2-4-12(14)10-17-16/h2-10,18H,1H3. The largest absolute Gasteiger partial charge is 0.504 e. The number of aromatic hydroxyl groups is 1. The van der Waals surface area contributed by atoms with Crippen molar-refractivity contribution in [3.05, 3.63) is 60.3 Å². The Morgan fingerprint density at radius 1 is 1.00 bits per heavy atom. The fraction of sp³-hybridized carbons (Fsp3) is 0.0625. The summed E-state index contributed by atoms with van der Waals surface area (Å²) in [6.45, 7) is 1.88. The Hall–Kier alpha value is -2.40. The Morgan fingerprint density at radius 2 is 1.67 bits per heavy atom. The van der Waals surface area contributed by atoms with Crippen LogP contribution in [0.25, 0.3) is 10.8 Å². The zero-order valence-corrected chi connectivity index (χ0v) is 12.1. The van der Waals surface area contributed by atoms with Gasteiger partial charge in [0, 0.05) is 17.0 Å². The Bertz CT molecular complexity index is 916. The van der Waals surface area contributed by atoms with Gasteiger partial charge in [-0.25, -0.2) is 13.4 Å². The lowest BCUT2D eigenvalue weighted by Gasteiger charge is -2.08. The molecular formula is C16H13NO3S. The zero-order valence-electron chi connectivity index (χ0n) is 11.3. The van der Waals surface area contributed by atoms with Gasteiger partial charge >= 0.3 is 0 Å². The molecule has 0 aliphatic carbocycles. The Morgan fingerprint density at radius 3 is 2.38 bits per heavy atom. The summed E-state index contributed by atoms with van der Waals surface area (Å²) in [5, 5.41) is 11.1. The van der Waals surface area contributed by atoms with Gasteiger partial charge in [0.25, 0.3) is 0 Å². The molecule has 0 atom stereocenters. The molecule has 0 aliphatic heterocycles. The molecular weight excluding hydrogens is 286 g/mol. The Kier molecular flexibility index (Phi) is 3.14. The summed E-state index contributed by atoms with van der Waals surface area (Å²) in [5.41, 5.74) is 0.963. The third kappa shape index (κ3) is 2.25. The van der Waals surface area contributed by atoms with Gasteiger partial charge in [-0.15, -0.1) is 0 Å². The molecule has 21 heavy (non-hydrogen) atoms. The van der Waals surface area contributed by atoms with E-state index < -0.39 is 9.84 Å². The van der Waals surface area contributed by atoms with Crippen LogP contribution in [0.1, 0.15) is 5.56 Å². The van der Waals surface area contributed by atoms with Crippen LogP contribution in [-0.4, -0.2) is 18.5 Å². The second-order valence-electron chi connectivity index (χ2n) is 4.82. The molecule has 1 aromatic heterocycles. The maximum absolute atomic E-state index is 12.6. The second-order valence-corrected chi connectivity index (χ2v) is 6.68. The lowest BCUT2D eigenvalue weighted by Crippen LogP contribution is -2.05. The van der Waals surface area contributed by atoms with Crippen LogP contribution in [0.2, 0.25) is 0 Å². The number of hydrogen-bond donors (Lipinski definition) is 1. The summed E-state index contributed by atoms with van der Waals surface area (Å²) in [7, 11) is -3.84. The molecule has 0 amide bonds. The highest BCUT2D eigenvalue weighted by molar-refractivity contribution is 7.91. The number of pyridine rings is 1. The normalized spacial score (nSPS) is 11.7. The molecule has 5 heteroatoms. The molecule has 0 aliphatic rings. The van der Waals surface area contributed by atoms with E-state index in [1.54, 1.807) is 36.4 Å². The second kappa shape index (κ2) is 4.86. The Labute approximate surface area is 122 Å². The van der Waals surface area contributed by atoms with Gasteiger partial charge in [0.1, 0.15) is 0 Å². The predicted octanol–water partition coefficient (Wildman–Crippen LogP) is 3.08. The molecule has 106 valence electrons. The van der Waals surface area contributed by atoms with Crippen molar-refractivity contribution in [3.63, 3.8) is 0 Å². The topological polar surface area (TPSA) is 67.3 Å². The third-order valence-corrected chi connectivity index (χ3v) is 5.03. The van der Waals surface area contributed by atoms with Crippen LogP contribution in [0.4, 0.5) is 0 Å². The quantitative estimate of drug-likeness (QED) is 0.789. The number of nitrogens with zero attached hydrogens (tertiary/aromatic N) is 1. The lowest BCUT2D eigenvalue weighted by molar-refractivity contribution is 0.459. The first-order valence-electron chi connectivity index (χ1n) is 6.38. The molecule has 0 saturated heterocycles. The molecule has 0 radical (unpaired) electrons. The average Bonchev–Trinajstić information content (AvgIpc) is 2.48. The number of aromatic nitrogens is 1. The highest BCUT2D eigenvalue weighted by Gasteiger charge is 2.24. The van der Waals surface area contributed by atoms with Crippen LogP contribution in [0.15, 0.2) is 64.6 Å². The molecule has 3 aromatic rings. The maximum atomic E-state index is 12.6. The van der Waals surface area contributed by atoms with Crippen LogP contribution in [0.5, 0.6) is 5.75 Å². The van der Waals surface area contributed by atoms with Crippen LogP contribution in [-0.2, 0) is 9.84 Å². The van der Waals surface area contributed by atoms with Crippen molar-refractivity contribution < 1.29 is 13.5 Å². The number of aryl methyl sites for hydroxylation is 1. The van der Waals surface area contributed by atoms with E-state index in [0.29, 0.717) is 10.8 Å². The molecule has 0 bridgehead atoms. The Balaban J connectivity index is 2.24. The van der Waals surface area contributed by atoms with Crippen LogP contribution in [0.3, 0.4) is 0 Å². The van der Waals surface area contributed by atoms with Crippen molar-refractivity contribution in [2.75, 3.05) is 0 Å². The van der Waals surface area contributed by atoms with E-state index in [1.807, 2.05) is 6.92 Å². The summed E-state index contributed by atoms with van der Waals surface area (Å²) in [6, 6.07) is 13.4. The molecule has 4 nitrogen and oxygen atoms in total. The minimum Gasteiger partial charge on any atom is -0.504 e. The molecule has 0 saturated carbocycles. The summed E-state index contributed by atoms with van der Waals surface area (Å²) in [4.78, 5) is 4.06. The molecule has 1 heterocycles. The lowest BCUT2D eigenvalue weighted by atomic mass is 10.2. The van der Waals surface area contributed by atoms with E-state index in [0.717, 1.165) is 5.56 Å². The van der Waals surface area contributed by atoms with E-state index in [-0.39, 0.29) is 15.7 Å². The van der Waals surface area contributed by atoms with Gasteiger partial charge in [-0.05, 0) is 19.1 Å². The van der Waals surface area contributed by atoms with Crippen molar-refractivity contribution >= 4 is 20.6 Å². The maximum Gasteiger partial charge on any atom is 0.227 e. The number of fused-ring (bicyclic) bond motifs is 1. The highest BCUT2D eigenvalue weighted by atomic mass is 32.2. The van der Waals surface area contributed by atoms with E-state index in [9.17, 15) is 13.5 Å². The van der Waals surface area contributed by atoms with Crippen molar-refractivity contribution in [2.24, 2.45) is 0 Å². The van der Waals surface area contributed by atoms with Gasteiger partial charge < -0.3 is 5.11 Å². The highest BCUT2D eigenvalue weighted by Crippen LogP contribution is 2.32. The minimum atomic E-state index is -3.84. The smallest absolute Gasteiger partial charge is 0.227 e. The fourth-order valence-electron chi connectivity index (χ4n) is 2.16. The van der Waals surface area contributed by atoms with E-state index >= 15 is 0 Å². The van der Waals surface area contributed by atoms with Crippen LogP contribution in [0, 0.1) is 6.92 Å². The fourth-order valence-corrected chi connectivity index (χ4v) is 3.43. The molecule has 0 unspecified atom stereocenters. The van der Waals surface area contributed by atoms with Gasteiger partial charge in [-0.3, -0.25) is 0 Å². The number of rotatable bonds is 2. The molecule has 1 N–H and O–H groups in total. The van der Waals surface area contributed by atoms with Crippen molar-refractivity contribution in [3.8, 4) is 5.75 Å². The van der Waals surface area contributed by atoms with Crippen molar-refractivity contribution in [1.29, 1.82) is 0 Å². The number of benzene rings is 2. The zero-order chi connectivity index (χ0) is 15.0. The first-order valence-corrected chi connectivity index (χ1v) is 7.87. The molecule has 2 aromatic carbocycles. The third-order valence-electron chi connectivity index (χ3n) is 3.33. The summed E-state index contributed by atoms with van der Waals surface area (Å²) in [6.07, 6.45) is 1.45. The van der Waals surface area contributed by atoms with Crippen molar-refractivity contribution in [1.82, 2.24) is 4.98 Å². The average molecular weight is 299 g/mol. The first kappa shape index (κ1) is 13.6. The summed E-state index contributed by atoms with van der Waals surface area (Å²) < 4.78 is 25.2. The SMILES string of the molecule is Cc1ccc(S(=O)(=O)c2ncc3ccccc3c2O)cc1. The van der Waals surface area contributed by atoms with E-state index in [4.69, 9.17) is 0 Å². The molecule has 0 fully saturated rings. The summed E-state index contributed by atoms with van der Waals surface area (Å²) >= 11 is 0. The minimum absolute atomic E-state index is 0.117. The number of sulfone groups is 1. The molecule has 3 rings (SSSR count). The first-order chi connectivity index (χ1) is 10.00. The van der Waals surface area contributed by atoms with Gasteiger partial charge in [0.15, 0.2) is 5.75 Å². The monoisotopic (exact) mass is 299 g/mol. The number of hydrogen-bond acceptors (Lipinski definition) is 4. The van der Waals surface area contributed by atoms with Crippen LogP contribution >= 0.6 is 0 Å².